The fraction of sp³-hybridized carbons (Fsp3) is 0.467. The molecular weight excluding hydrogens is 274 g/mol. The molecule has 1 rings (SSSR count). The molecule has 1 amide bonds. The van der Waals surface area contributed by atoms with E-state index in [1.807, 2.05) is 0 Å². The van der Waals surface area contributed by atoms with Gasteiger partial charge in [-0.2, -0.15) is 0 Å². The maximum absolute atomic E-state index is 11.5. The SMILES string of the molecule is CC(NC(=O)CCSc1ccc(C(C)C)cc1)C(=O)O. The lowest BCUT2D eigenvalue weighted by Crippen LogP contribution is -2.38. The summed E-state index contributed by atoms with van der Waals surface area (Å²) in [7, 11) is 0. The van der Waals surface area contributed by atoms with Crippen molar-refractivity contribution < 1.29 is 14.7 Å². The number of hydrogen-bond acceptors (Lipinski definition) is 3. The van der Waals surface area contributed by atoms with Gasteiger partial charge in [-0.05, 0) is 30.5 Å². The third-order valence-electron chi connectivity index (χ3n) is 2.89. The number of hydrogen-bond donors (Lipinski definition) is 2. The minimum atomic E-state index is -1.02. The number of carbonyl (C=O) groups is 2. The second kappa shape index (κ2) is 7.94. The molecule has 0 fully saturated rings. The zero-order valence-electron chi connectivity index (χ0n) is 12.1. The second-order valence-electron chi connectivity index (χ2n) is 4.95. The molecule has 2 N–H and O–H groups in total. The standard InChI is InChI=1S/C15H21NO3S/c1-10(2)12-4-6-13(7-5-12)20-9-8-14(17)16-11(3)15(18)19/h4-7,10-11H,8-9H2,1-3H3,(H,16,17)(H,18,19). The highest BCUT2D eigenvalue weighted by atomic mass is 32.2. The number of aliphatic carboxylic acids is 1. The highest BCUT2D eigenvalue weighted by Crippen LogP contribution is 2.22. The summed E-state index contributed by atoms with van der Waals surface area (Å²) in [5.74, 6) is -0.0991. The van der Waals surface area contributed by atoms with Crippen LogP contribution in [0.2, 0.25) is 0 Å². The average Bonchev–Trinajstić information content (AvgIpc) is 2.39. The molecule has 4 nitrogen and oxygen atoms in total. The highest BCUT2D eigenvalue weighted by Gasteiger charge is 2.13. The molecule has 5 heteroatoms. The number of carboxylic acid groups (broad SMARTS) is 1. The van der Waals surface area contributed by atoms with Crippen molar-refractivity contribution in [2.45, 2.75) is 44.0 Å². The summed E-state index contributed by atoms with van der Waals surface area (Å²) in [6.07, 6.45) is 0.314. The normalized spacial score (nSPS) is 12.2. The minimum Gasteiger partial charge on any atom is -0.480 e. The molecule has 1 aromatic rings. The van der Waals surface area contributed by atoms with Crippen LogP contribution in [-0.2, 0) is 9.59 Å². The van der Waals surface area contributed by atoms with Gasteiger partial charge in [0, 0.05) is 17.1 Å². The van der Waals surface area contributed by atoms with Crippen LogP contribution in [0.5, 0.6) is 0 Å². The lowest BCUT2D eigenvalue weighted by atomic mass is 10.0. The minimum absolute atomic E-state index is 0.230. The Morgan fingerprint density at radius 1 is 1.20 bits per heavy atom. The molecule has 0 bridgehead atoms. The average molecular weight is 295 g/mol. The van der Waals surface area contributed by atoms with Crippen LogP contribution in [-0.4, -0.2) is 28.8 Å². The predicted octanol–water partition coefficient (Wildman–Crippen LogP) is 2.88. The molecule has 0 aromatic heterocycles. The smallest absolute Gasteiger partial charge is 0.325 e. The Labute approximate surface area is 124 Å². The number of benzene rings is 1. The Kier molecular flexibility index (Phi) is 6.58. The molecule has 0 aliphatic rings. The molecule has 0 heterocycles. The number of amides is 1. The summed E-state index contributed by atoms with van der Waals surface area (Å²) in [4.78, 5) is 23.2. The summed E-state index contributed by atoms with van der Waals surface area (Å²) in [6.45, 7) is 5.75. The number of thioether (sulfide) groups is 1. The van der Waals surface area contributed by atoms with Gasteiger partial charge in [-0.3, -0.25) is 9.59 Å². The first-order valence-electron chi connectivity index (χ1n) is 6.65. The van der Waals surface area contributed by atoms with Crippen molar-refractivity contribution >= 4 is 23.6 Å². The summed E-state index contributed by atoms with van der Waals surface area (Å²) < 4.78 is 0. The third kappa shape index (κ3) is 5.65. The van der Waals surface area contributed by atoms with Gasteiger partial charge in [-0.25, -0.2) is 0 Å². The van der Waals surface area contributed by atoms with Crippen molar-refractivity contribution in [2.24, 2.45) is 0 Å². The summed E-state index contributed by atoms with van der Waals surface area (Å²) in [6, 6.07) is 7.46. The van der Waals surface area contributed by atoms with E-state index >= 15 is 0 Å². The molecule has 0 aliphatic carbocycles. The number of carbonyl (C=O) groups excluding carboxylic acids is 1. The lowest BCUT2D eigenvalue weighted by molar-refractivity contribution is -0.141. The quantitative estimate of drug-likeness (QED) is 0.759. The molecule has 110 valence electrons. The van der Waals surface area contributed by atoms with E-state index in [0.717, 1.165) is 4.90 Å². The Hall–Kier alpha value is -1.49. The number of nitrogens with one attached hydrogen (secondary N) is 1. The molecule has 0 aliphatic heterocycles. The zero-order valence-corrected chi connectivity index (χ0v) is 12.9. The molecule has 20 heavy (non-hydrogen) atoms. The van der Waals surface area contributed by atoms with Crippen LogP contribution >= 0.6 is 11.8 Å². The molecule has 0 spiro atoms. The molecule has 0 saturated heterocycles. The van der Waals surface area contributed by atoms with Crippen molar-refractivity contribution in [1.82, 2.24) is 5.32 Å². The molecule has 0 saturated carbocycles. The predicted molar refractivity (Wildman–Crippen MR) is 81.1 cm³/mol. The van der Waals surface area contributed by atoms with Crippen LogP contribution in [0.4, 0.5) is 0 Å². The van der Waals surface area contributed by atoms with Crippen molar-refractivity contribution in [3.05, 3.63) is 29.8 Å². The molecular formula is C15H21NO3S. The maximum atomic E-state index is 11.5. The van der Waals surface area contributed by atoms with Crippen molar-refractivity contribution in [3.8, 4) is 0 Å². The summed E-state index contributed by atoms with van der Waals surface area (Å²) >= 11 is 1.60. The molecule has 0 radical (unpaired) electrons. The van der Waals surface area contributed by atoms with Crippen molar-refractivity contribution in [3.63, 3.8) is 0 Å². The topological polar surface area (TPSA) is 66.4 Å². The second-order valence-corrected chi connectivity index (χ2v) is 6.12. The molecule has 1 atom stereocenters. The van der Waals surface area contributed by atoms with Gasteiger partial charge in [0.1, 0.15) is 6.04 Å². The third-order valence-corrected chi connectivity index (χ3v) is 3.91. The van der Waals surface area contributed by atoms with Gasteiger partial charge in [0.2, 0.25) is 5.91 Å². The first-order valence-corrected chi connectivity index (χ1v) is 7.63. The van der Waals surface area contributed by atoms with Gasteiger partial charge >= 0.3 is 5.97 Å². The van der Waals surface area contributed by atoms with E-state index in [2.05, 4.69) is 43.4 Å². The maximum Gasteiger partial charge on any atom is 0.325 e. The van der Waals surface area contributed by atoms with Crippen LogP contribution < -0.4 is 5.32 Å². The van der Waals surface area contributed by atoms with E-state index in [0.29, 0.717) is 18.1 Å². The van der Waals surface area contributed by atoms with Gasteiger partial charge < -0.3 is 10.4 Å². The highest BCUT2D eigenvalue weighted by molar-refractivity contribution is 7.99. The van der Waals surface area contributed by atoms with E-state index in [4.69, 9.17) is 5.11 Å². The van der Waals surface area contributed by atoms with Crippen LogP contribution in [0.25, 0.3) is 0 Å². The molecule has 1 unspecified atom stereocenters. The van der Waals surface area contributed by atoms with Crippen molar-refractivity contribution in [1.29, 1.82) is 0 Å². The monoisotopic (exact) mass is 295 g/mol. The summed E-state index contributed by atoms with van der Waals surface area (Å²) in [5, 5.41) is 11.1. The van der Waals surface area contributed by atoms with Crippen LogP contribution in [0, 0.1) is 0 Å². The number of rotatable bonds is 7. The van der Waals surface area contributed by atoms with E-state index in [-0.39, 0.29) is 5.91 Å². The molecule has 1 aromatic carbocycles. The van der Waals surface area contributed by atoms with Crippen LogP contribution in [0.1, 0.15) is 38.7 Å². The Morgan fingerprint density at radius 2 is 1.80 bits per heavy atom. The number of carboxylic acids is 1. The van der Waals surface area contributed by atoms with E-state index in [9.17, 15) is 9.59 Å². The van der Waals surface area contributed by atoms with Crippen molar-refractivity contribution in [2.75, 3.05) is 5.75 Å². The van der Waals surface area contributed by atoms with E-state index in [1.165, 1.54) is 12.5 Å². The van der Waals surface area contributed by atoms with E-state index in [1.54, 1.807) is 11.8 Å². The van der Waals surface area contributed by atoms with Gasteiger partial charge in [0.05, 0.1) is 0 Å². The van der Waals surface area contributed by atoms with Gasteiger partial charge in [0.15, 0.2) is 0 Å². The van der Waals surface area contributed by atoms with Gasteiger partial charge in [-0.15, -0.1) is 11.8 Å². The van der Waals surface area contributed by atoms with Crippen LogP contribution in [0.3, 0.4) is 0 Å². The Balaban J connectivity index is 2.33. The Bertz CT molecular complexity index is 457. The fourth-order valence-corrected chi connectivity index (χ4v) is 2.44. The summed E-state index contributed by atoms with van der Waals surface area (Å²) in [5.41, 5.74) is 1.29. The largest absolute Gasteiger partial charge is 0.480 e. The van der Waals surface area contributed by atoms with Crippen LogP contribution in [0.15, 0.2) is 29.2 Å². The van der Waals surface area contributed by atoms with E-state index < -0.39 is 12.0 Å². The first-order chi connectivity index (χ1) is 9.40. The first kappa shape index (κ1) is 16.6. The Morgan fingerprint density at radius 3 is 2.30 bits per heavy atom. The van der Waals surface area contributed by atoms with Gasteiger partial charge in [-0.1, -0.05) is 26.0 Å². The van der Waals surface area contributed by atoms with Gasteiger partial charge in [0.25, 0.3) is 0 Å². The lowest BCUT2D eigenvalue weighted by Gasteiger charge is -2.09. The zero-order chi connectivity index (χ0) is 15.1. The fourth-order valence-electron chi connectivity index (χ4n) is 1.59.